The molecule has 1 aromatic carbocycles. The maximum absolute atomic E-state index is 13.1. The molecule has 1 amide bonds. The Hall–Kier alpha value is -1.77. The summed E-state index contributed by atoms with van der Waals surface area (Å²) in [6.07, 6.45) is 11.0. The number of carbonyl (C=O) groups is 1. The number of carbonyl (C=O) groups excluding carboxylic acids is 1. The molecule has 2 aromatic rings. The minimum absolute atomic E-state index is 0.235. The number of aromatic nitrogens is 1. The summed E-state index contributed by atoms with van der Waals surface area (Å²) in [7, 11) is 0. The molecule has 2 fully saturated rings. The molecule has 1 saturated heterocycles. The molecular weight excluding hydrogens is 272 g/mol. The van der Waals surface area contributed by atoms with Crippen molar-refractivity contribution in [3.8, 4) is 0 Å². The average molecular weight is 296 g/mol. The molecule has 2 aliphatic rings. The van der Waals surface area contributed by atoms with E-state index in [9.17, 15) is 4.79 Å². The van der Waals surface area contributed by atoms with Crippen molar-refractivity contribution in [2.45, 2.75) is 51.0 Å². The van der Waals surface area contributed by atoms with E-state index in [-0.39, 0.29) is 5.91 Å². The standard InChI is InChI=1S/C19H24N2O/c22-19(16-8-4-9-17-15(16)11-12-20-17)21-13-5-10-18(21)14-6-2-1-3-7-14/h4,8-9,11-12,14,18,20H,1-3,5-7,10,13H2. The van der Waals surface area contributed by atoms with Gasteiger partial charge in [-0.25, -0.2) is 0 Å². The van der Waals surface area contributed by atoms with E-state index in [0.29, 0.717) is 6.04 Å². The van der Waals surface area contributed by atoms with Gasteiger partial charge in [0, 0.05) is 35.2 Å². The summed E-state index contributed by atoms with van der Waals surface area (Å²) < 4.78 is 0. The Bertz CT molecular complexity index is 669. The van der Waals surface area contributed by atoms with Crippen molar-refractivity contribution in [1.29, 1.82) is 0 Å². The molecule has 3 heteroatoms. The number of hydrogen-bond acceptors (Lipinski definition) is 1. The lowest BCUT2D eigenvalue weighted by molar-refractivity contribution is 0.0663. The largest absolute Gasteiger partial charge is 0.361 e. The second-order valence-electron chi connectivity index (χ2n) is 6.85. The van der Waals surface area contributed by atoms with Crippen LogP contribution < -0.4 is 0 Å². The van der Waals surface area contributed by atoms with Gasteiger partial charge in [0.2, 0.25) is 0 Å². The first-order valence-corrected chi connectivity index (χ1v) is 8.71. The normalized spacial score (nSPS) is 23.3. The van der Waals surface area contributed by atoms with E-state index in [4.69, 9.17) is 0 Å². The molecule has 1 saturated carbocycles. The van der Waals surface area contributed by atoms with Crippen molar-refractivity contribution in [2.24, 2.45) is 5.92 Å². The number of amides is 1. The molecule has 0 bridgehead atoms. The van der Waals surface area contributed by atoms with Crippen molar-refractivity contribution in [1.82, 2.24) is 9.88 Å². The minimum Gasteiger partial charge on any atom is -0.361 e. The van der Waals surface area contributed by atoms with E-state index in [0.717, 1.165) is 35.3 Å². The first-order chi connectivity index (χ1) is 10.8. The van der Waals surface area contributed by atoms with Crippen molar-refractivity contribution in [3.63, 3.8) is 0 Å². The van der Waals surface area contributed by atoms with Crippen LogP contribution in [0.3, 0.4) is 0 Å². The summed E-state index contributed by atoms with van der Waals surface area (Å²) in [6, 6.07) is 8.50. The predicted molar refractivity (Wildman–Crippen MR) is 88.9 cm³/mol. The fourth-order valence-corrected chi connectivity index (χ4v) is 4.48. The van der Waals surface area contributed by atoms with E-state index in [1.165, 1.54) is 38.5 Å². The maximum Gasteiger partial charge on any atom is 0.254 e. The Morgan fingerprint density at radius 3 is 2.77 bits per heavy atom. The quantitative estimate of drug-likeness (QED) is 0.878. The van der Waals surface area contributed by atoms with Gasteiger partial charge in [0.25, 0.3) is 5.91 Å². The van der Waals surface area contributed by atoms with E-state index >= 15 is 0 Å². The van der Waals surface area contributed by atoms with Gasteiger partial charge in [-0.3, -0.25) is 4.79 Å². The van der Waals surface area contributed by atoms with Gasteiger partial charge < -0.3 is 9.88 Å². The third-order valence-corrected chi connectivity index (χ3v) is 5.58. The number of hydrogen-bond donors (Lipinski definition) is 1. The number of rotatable bonds is 2. The number of benzene rings is 1. The molecule has 1 aromatic heterocycles. The lowest BCUT2D eigenvalue weighted by Crippen LogP contribution is -2.40. The summed E-state index contributed by atoms with van der Waals surface area (Å²) in [5.41, 5.74) is 1.92. The lowest BCUT2D eigenvalue weighted by atomic mass is 9.83. The SMILES string of the molecule is O=C(c1cccc2[nH]ccc12)N1CCCC1C1CCCCC1. The van der Waals surface area contributed by atoms with Gasteiger partial charge in [-0.05, 0) is 49.8 Å². The zero-order chi connectivity index (χ0) is 14.9. The molecule has 22 heavy (non-hydrogen) atoms. The Labute approximate surface area is 131 Å². The highest BCUT2D eigenvalue weighted by Crippen LogP contribution is 2.35. The first-order valence-electron chi connectivity index (χ1n) is 8.71. The first kappa shape index (κ1) is 13.9. The van der Waals surface area contributed by atoms with Crippen LogP contribution in [0.25, 0.3) is 10.9 Å². The maximum atomic E-state index is 13.1. The van der Waals surface area contributed by atoms with Gasteiger partial charge in [0.05, 0.1) is 0 Å². The molecule has 0 radical (unpaired) electrons. The molecule has 1 unspecified atom stereocenters. The van der Waals surface area contributed by atoms with Gasteiger partial charge in [-0.2, -0.15) is 0 Å². The smallest absolute Gasteiger partial charge is 0.254 e. The third-order valence-electron chi connectivity index (χ3n) is 5.58. The molecule has 3 nitrogen and oxygen atoms in total. The van der Waals surface area contributed by atoms with E-state index < -0.39 is 0 Å². The molecule has 1 aliphatic carbocycles. The lowest BCUT2D eigenvalue weighted by Gasteiger charge is -2.34. The van der Waals surface area contributed by atoms with Gasteiger partial charge in [0.1, 0.15) is 0 Å². The Kier molecular flexibility index (Phi) is 3.65. The third kappa shape index (κ3) is 2.33. The molecule has 1 atom stereocenters. The van der Waals surface area contributed by atoms with E-state index in [2.05, 4.69) is 9.88 Å². The molecule has 116 valence electrons. The molecular formula is C19H24N2O. The second kappa shape index (κ2) is 5.79. The van der Waals surface area contributed by atoms with E-state index in [1.54, 1.807) is 0 Å². The number of nitrogens with zero attached hydrogens (tertiary/aromatic N) is 1. The number of likely N-dealkylation sites (tertiary alicyclic amines) is 1. The van der Waals surface area contributed by atoms with Gasteiger partial charge in [0.15, 0.2) is 0 Å². The van der Waals surface area contributed by atoms with Crippen LogP contribution >= 0.6 is 0 Å². The monoisotopic (exact) mass is 296 g/mol. The van der Waals surface area contributed by atoms with Crippen LogP contribution in [0.4, 0.5) is 0 Å². The molecule has 1 N–H and O–H groups in total. The number of nitrogens with one attached hydrogen (secondary N) is 1. The summed E-state index contributed by atoms with van der Waals surface area (Å²) >= 11 is 0. The Balaban J connectivity index is 1.62. The van der Waals surface area contributed by atoms with Crippen LogP contribution in [0.1, 0.15) is 55.3 Å². The fourth-order valence-electron chi connectivity index (χ4n) is 4.48. The molecule has 0 spiro atoms. The van der Waals surface area contributed by atoms with Crippen LogP contribution in [0.5, 0.6) is 0 Å². The minimum atomic E-state index is 0.235. The van der Waals surface area contributed by atoms with Crippen molar-refractivity contribution in [2.75, 3.05) is 6.54 Å². The topological polar surface area (TPSA) is 36.1 Å². The summed E-state index contributed by atoms with van der Waals surface area (Å²) in [4.78, 5) is 18.5. The average Bonchev–Trinajstić information content (AvgIpc) is 3.23. The Morgan fingerprint density at radius 1 is 1.05 bits per heavy atom. The van der Waals surface area contributed by atoms with Gasteiger partial charge in [-0.15, -0.1) is 0 Å². The number of aromatic amines is 1. The van der Waals surface area contributed by atoms with Crippen LogP contribution in [-0.4, -0.2) is 28.4 Å². The van der Waals surface area contributed by atoms with Gasteiger partial charge in [-0.1, -0.05) is 25.3 Å². The van der Waals surface area contributed by atoms with Crippen LogP contribution in [-0.2, 0) is 0 Å². The van der Waals surface area contributed by atoms with Gasteiger partial charge >= 0.3 is 0 Å². The Morgan fingerprint density at radius 2 is 1.91 bits per heavy atom. The zero-order valence-corrected chi connectivity index (χ0v) is 13.1. The zero-order valence-electron chi connectivity index (χ0n) is 13.1. The molecule has 4 rings (SSSR count). The number of H-pyrrole nitrogens is 1. The highest BCUT2D eigenvalue weighted by Gasteiger charge is 2.35. The van der Waals surface area contributed by atoms with Crippen molar-refractivity contribution in [3.05, 3.63) is 36.0 Å². The van der Waals surface area contributed by atoms with Crippen molar-refractivity contribution >= 4 is 16.8 Å². The predicted octanol–water partition coefficient (Wildman–Crippen LogP) is 4.35. The summed E-state index contributed by atoms with van der Waals surface area (Å²) in [5, 5.41) is 1.06. The van der Waals surface area contributed by atoms with Crippen LogP contribution in [0.2, 0.25) is 0 Å². The highest BCUT2D eigenvalue weighted by atomic mass is 16.2. The van der Waals surface area contributed by atoms with Crippen molar-refractivity contribution < 1.29 is 4.79 Å². The van der Waals surface area contributed by atoms with E-state index in [1.807, 2.05) is 30.5 Å². The molecule has 2 heterocycles. The molecule has 1 aliphatic heterocycles. The van der Waals surface area contributed by atoms with Crippen LogP contribution in [0, 0.1) is 5.92 Å². The van der Waals surface area contributed by atoms with Crippen LogP contribution in [0.15, 0.2) is 30.5 Å². The summed E-state index contributed by atoms with van der Waals surface area (Å²) in [5.74, 6) is 0.962. The highest BCUT2D eigenvalue weighted by molar-refractivity contribution is 6.06. The number of fused-ring (bicyclic) bond motifs is 1. The second-order valence-corrected chi connectivity index (χ2v) is 6.85. The summed E-state index contributed by atoms with van der Waals surface area (Å²) in [6.45, 7) is 0.931. The fraction of sp³-hybridized carbons (Fsp3) is 0.526.